The molecule has 0 aromatic carbocycles. The molecule has 0 heterocycles. The molecule has 3 unspecified atom stereocenters. The molecule has 0 rings (SSSR count). The molecule has 0 radical (unpaired) electrons. The largest absolute Gasteiger partial charge is 0.480 e. The lowest BCUT2D eigenvalue weighted by Crippen LogP contribution is -2.34. The average molecular weight is 956 g/mol. The molecular formula is C56H94NO9P. The third-order valence-electron chi connectivity index (χ3n) is 10.5. The normalized spacial score (nSPS) is 14.6. The summed E-state index contributed by atoms with van der Waals surface area (Å²) in [5.74, 6) is -1.82. The Balaban J connectivity index is 4.26. The molecule has 0 saturated carbocycles. The first-order valence-corrected chi connectivity index (χ1v) is 27.4. The van der Waals surface area contributed by atoms with Gasteiger partial charge in [-0.3, -0.25) is 18.6 Å². The van der Waals surface area contributed by atoms with Crippen molar-refractivity contribution in [1.82, 2.24) is 0 Å². The van der Waals surface area contributed by atoms with E-state index in [1.807, 2.05) is 0 Å². The van der Waals surface area contributed by atoms with Gasteiger partial charge in [-0.2, -0.15) is 0 Å². The first kappa shape index (κ1) is 63.6. The molecule has 0 aromatic rings. The van der Waals surface area contributed by atoms with E-state index in [1.54, 1.807) is 0 Å². The minimum Gasteiger partial charge on any atom is -0.480 e. The van der Waals surface area contributed by atoms with E-state index in [2.05, 4.69) is 123 Å². The van der Waals surface area contributed by atoms with Crippen molar-refractivity contribution in [1.29, 1.82) is 0 Å². The Morgan fingerprint density at radius 3 is 1.30 bits per heavy atom. The van der Waals surface area contributed by atoms with Crippen molar-refractivity contribution in [2.24, 2.45) is 5.73 Å². The van der Waals surface area contributed by atoms with E-state index in [-0.39, 0.29) is 13.0 Å². The SMILES string of the molecule is CC/C=C\C/C=C\C/C=C\C/C=C\C/C=C\C/C=C\CCCCCCC(=O)OC(COCCCCCCCCC/C=C\C/C=C\C/C=C\CCCCCCC)COP(=O)(O)OCC(N)C(=O)O. The topological polar surface area (TPSA) is 155 Å². The number of unbranched alkanes of at least 4 members (excludes halogenated alkanes) is 16. The standard InChI is InChI=1S/C56H94NO9P/c1-3-5-7-9-11-13-15-17-19-21-23-25-27-28-30-32-34-36-38-40-42-44-46-48-55(58)66-53(51-64-67(61,62)65-52-54(57)56(59)60)50-63-49-47-45-43-41-39-37-35-33-31-29-26-24-22-20-18-16-14-12-10-8-6-4-2/h5,7,11,13,16-19,22-25,28-31,34,36,53-54H,3-4,6,8-10,12,14-15,20-21,26-27,32-33,35,37-52,57H2,1-2H3,(H,59,60)(H,61,62)/b7-5-,13-11-,18-16-,19-17-,24-22-,25-23-,30-28-,31-29-,36-34-. The van der Waals surface area contributed by atoms with Crippen molar-refractivity contribution in [2.75, 3.05) is 26.4 Å². The second-order valence-corrected chi connectivity index (χ2v) is 18.4. The maximum Gasteiger partial charge on any atom is 0.472 e. The second kappa shape index (κ2) is 50.5. The third kappa shape index (κ3) is 50.3. The number of carbonyl (C=O) groups excluding carboxylic acids is 1. The molecule has 10 nitrogen and oxygen atoms in total. The van der Waals surface area contributed by atoms with Crippen LogP contribution in [0.2, 0.25) is 0 Å². The van der Waals surface area contributed by atoms with Gasteiger partial charge in [0.15, 0.2) is 0 Å². The minimum absolute atomic E-state index is 0.00799. The zero-order valence-electron chi connectivity index (χ0n) is 42.0. The molecule has 11 heteroatoms. The maximum absolute atomic E-state index is 12.7. The van der Waals surface area contributed by atoms with Gasteiger partial charge in [-0.05, 0) is 103 Å². The smallest absolute Gasteiger partial charge is 0.472 e. The van der Waals surface area contributed by atoms with Gasteiger partial charge in [-0.15, -0.1) is 0 Å². The summed E-state index contributed by atoms with van der Waals surface area (Å²) >= 11 is 0. The van der Waals surface area contributed by atoms with E-state index in [9.17, 15) is 19.0 Å². The molecule has 0 amide bonds. The molecule has 0 aromatic heterocycles. The Morgan fingerprint density at radius 1 is 0.493 bits per heavy atom. The van der Waals surface area contributed by atoms with Gasteiger partial charge in [0.25, 0.3) is 0 Å². The first-order valence-electron chi connectivity index (χ1n) is 25.9. The van der Waals surface area contributed by atoms with Crippen molar-refractivity contribution in [3.05, 3.63) is 109 Å². The first-order chi connectivity index (χ1) is 32.7. The van der Waals surface area contributed by atoms with Crippen molar-refractivity contribution in [2.45, 2.75) is 206 Å². The van der Waals surface area contributed by atoms with Crippen molar-refractivity contribution >= 4 is 19.8 Å². The molecule has 67 heavy (non-hydrogen) atoms. The molecule has 0 saturated heterocycles. The van der Waals surface area contributed by atoms with Crippen LogP contribution >= 0.6 is 7.82 Å². The predicted molar refractivity (Wildman–Crippen MR) is 281 cm³/mol. The third-order valence-corrected chi connectivity index (χ3v) is 11.5. The fraction of sp³-hybridized carbons (Fsp3) is 0.643. The van der Waals surface area contributed by atoms with Crippen LogP contribution in [0, 0.1) is 0 Å². The molecular weight excluding hydrogens is 862 g/mol. The summed E-state index contributed by atoms with van der Waals surface area (Å²) < 4.78 is 33.5. The van der Waals surface area contributed by atoms with Gasteiger partial charge in [-0.25, -0.2) is 4.57 Å². The zero-order valence-corrected chi connectivity index (χ0v) is 42.8. The van der Waals surface area contributed by atoms with Crippen LogP contribution in [0.25, 0.3) is 0 Å². The number of carboxylic acids is 1. The summed E-state index contributed by atoms with van der Waals surface area (Å²) in [5.41, 5.74) is 5.37. The molecule has 0 aliphatic heterocycles. The number of carbonyl (C=O) groups is 2. The van der Waals surface area contributed by atoms with Gasteiger partial charge in [0, 0.05) is 13.0 Å². The van der Waals surface area contributed by atoms with E-state index < -0.39 is 45.1 Å². The van der Waals surface area contributed by atoms with Gasteiger partial charge in [-0.1, -0.05) is 194 Å². The van der Waals surface area contributed by atoms with Gasteiger partial charge >= 0.3 is 19.8 Å². The van der Waals surface area contributed by atoms with E-state index >= 15 is 0 Å². The lowest BCUT2D eigenvalue weighted by molar-refractivity contribution is -0.154. The van der Waals surface area contributed by atoms with E-state index in [1.165, 1.54) is 64.2 Å². The van der Waals surface area contributed by atoms with Gasteiger partial charge < -0.3 is 25.2 Å². The van der Waals surface area contributed by atoms with Gasteiger partial charge in [0.1, 0.15) is 12.1 Å². The lowest BCUT2D eigenvalue weighted by Gasteiger charge is -2.20. The molecule has 0 aliphatic carbocycles. The van der Waals surface area contributed by atoms with Gasteiger partial charge in [0.05, 0.1) is 19.8 Å². The monoisotopic (exact) mass is 956 g/mol. The van der Waals surface area contributed by atoms with Crippen LogP contribution in [-0.4, -0.2) is 60.5 Å². The van der Waals surface area contributed by atoms with Crippen molar-refractivity contribution < 1.29 is 42.7 Å². The summed E-state index contributed by atoms with van der Waals surface area (Å²) in [4.78, 5) is 33.7. The number of esters is 1. The van der Waals surface area contributed by atoms with E-state index in [0.29, 0.717) is 13.0 Å². The molecule has 4 N–H and O–H groups in total. The number of carboxylic acid groups (broad SMARTS) is 1. The summed E-state index contributed by atoms with van der Waals surface area (Å²) in [6.07, 6.45) is 68.5. The van der Waals surface area contributed by atoms with Crippen LogP contribution in [0.15, 0.2) is 109 Å². The lowest BCUT2D eigenvalue weighted by atomic mass is 10.1. The molecule has 0 spiro atoms. The zero-order chi connectivity index (χ0) is 49.0. The highest BCUT2D eigenvalue weighted by Gasteiger charge is 2.27. The fourth-order valence-electron chi connectivity index (χ4n) is 6.55. The highest BCUT2D eigenvalue weighted by Crippen LogP contribution is 2.43. The number of phosphoric ester groups is 1. The molecule has 382 valence electrons. The van der Waals surface area contributed by atoms with E-state index in [4.69, 9.17) is 29.4 Å². The maximum atomic E-state index is 12.7. The van der Waals surface area contributed by atoms with Gasteiger partial charge in [0.2, 0.25) is 0 Å². The number of hydrogen-bond acceptors (Lipinski definition) is 8. The number of hydrogen-bond donors (Lipinski definition) is 3. The Labute approximate surface area is 408 Å². The quantitative estimate of drug-likeness (QED) is 0.0232. The average Bonchev–Trinajstić information content (AvgIpc) is 3.31. The number of aliphatic carboxylic acids is 1. The highest BCUT2D eigenvalue weighted by atomic mass is 31.2. The van der Waals surface area contributed by atoms with Crippen LogP contribution in [0.3, 0.4) is 0 Å². The van der Waals surface area contributed by atoms with Crippen LogP contribution in [0.4, 0.5) is 0 Å². The molecule has 3 atom stereocenters. The number of nitrogens with two attached hydrogens (primary N) is 1. The predicted octanol–water partition coefficient (Wildman–Crippen LogP) is 15.4. The van der Waals surface area contributed by atoms with Crippen LogP contribution in [-0.2, 0) is 32.7 Å². The van der Waals surface area contributed by atoms with Crippen molar-refractivity contribution in [3.63, 3.8) is 0 Å². The summed E-state index contributed by atoms with van der Waals surface area (Å²) in [7, 11) is -4.64. The Morgan fingerprint density at radius 2 is 0.866 bits per heavy atom. The van der Waals surface area contributed by atoms with Crippen LogP contribution < -0.4 is 5.73 Å². The van der Waals surface area contributed by atoms with Crippen molar-refractivity contribution in [3.8, 4) is 0 Å². The summed E-state index contributed by atoms with van der Waals surface area (Å²) in [5, 5.41) is 8.94. The molecule has 0 bridgehead atoms. The minimum atomic E-state index is -4.64. The number of ether oxygens (including phenoxy) is 2. The Kier molecular flexibility index (Phi) is 48.0. The number of allylic oxidation sites excluding steroid dienone is 18. The Hall–Kier alpha value is -3.37. The Bertz CT molecular complexity index is 1480. The highest BCUT2D eigenvalue weighted by molar-refractivity contribution is 7.47. The number of rotatable bonds is 48. The summed E-state index contributed by atoms with van der Waals surface area (Å²) in [6, 6.07) is -1.49. The van der Waals surface area contributed by atoms with Crippen LogP contribution in [0.1, 0.15) is 194 Å². The van der Waals surface area contributed by atoms with Crippen LogP contribution in [0.5, 0.6) is 0 Å². The molecule has 0 fully saturated rings. The molecule has 0 aliphatic rings. The summed E-state index contributed by atoms with van der Waals surface area (Å²) in [6.45, 7) is 3.69. The van der Waals surface area contributed by atoms with E-state index in [0.717, 1.165) is 103 Å². The second-order valence-electron chi connectivity index (χ2n) is 16.9. The fourth-order valence-corrected chi connectivity index (χ4v) is 7.33. The number of phosphoric acid groups is 1.